The van der Waals surface area contributed by atoms with Gasteiger partial charge in [-0.2, -0.15) is 0 Å². The molecule has 7 nitrogen and oxygen atoms in total. The van der Waals surface area contributed by atoms with Gasteiger partial charge in [0.2, 0.25) is 0 Å². The SMILES string of the molecule is CCOc1ccc(Br)cc1S(=O)(=O)Nc1ccc(-c2ccc(N3CCCCCC3)nn2)cc1. The average molecular weight is 531 g/mol. The summed E-state index contributed by atoms with van der Waals surface area (Å²) in [5, 5.41) is 8.82. The molecule has 0 unspecified atom stereocenters. The minimum Gasteiger partial charge on any atom is -0.492 e. The van der Waals surface area contributed by atoms with E-state index < -0.39 is 10.0 Å². The predicted molar refractivity (Wildman–Crippen MR) is 134 cm³/mol. The van der Waals surface area contributed by atoms with Crippen molar-refractivity contribution in [2.75, 3.05) is 29.3 Å². The van der Waals surface area contributed by atoms with E-state index in [0.29, 0.717) is 22.5 Å². The predicted octanol–water partition coefficient (Wildman–Crippen LogP) is 5.49. The summed E-state index contributed by atoms with van der Waals surface area (Å²) in [6.07, 6.45) is 4.92. The van der Waals surface area contributed by atoms with Crippen LogP contribution in [0.15, 0.2) is 64.0 Å². The zero-order chi connectivity index (χ0) is 23.3. The van der Waals surface area contributed by atoms with Gasteiger partial charge < -0.3 is 9.64 Å². The Bertz CT molecular complexity index is 1180. The van der Waals surface area contributed by atoms with Crippen molar-refractivity contribution >= 4 is 37.5 Å². The van der Waals surface area contributed by atoms with Gasteiger partial charge in [-0.25, -0.2) is 8.42 Å². The van der Waals surface area contributed by atoms with Crippen molar-refractivity contribution in [3.8, 4) is 17.0 Å². The lowest BCUT2D eigenvalue weighted by Crippen LogP contribution is -2.25. The van der Waals surface area contributed by atoms with Crippen LogP contribution in [0.1, 0.15) is 32.6 Å². The highest BCUT2D eigenvalue weighted by Gasteiger charge is 2.20. The van der Waals surface area contributed by atoms with Crippen molar-refractivity contribution in [2.24, 2.45) is 0 Å². The molecule has 0 amide bonds. The first kappa shape index (κ1) is 23.5. The summed E-state index contributed by atoms with van der Waals surface area (Å²) in [5.74, 6) is 1.22. The number of aromatic nitrogens is 2. The van der Waals surface area contributed by atoms with Crippen molar-refractivity contribution in [3.05, 3.63) is 59.1 Å². The number of benzene rings is 2. The third-order valence-corrected chi connectivity index (χ3v) is 7.40. The van der Waals surface area contributed by atoms with Crippen LogP contribution in [0.5, 0.6) is 5.75 Å². The smallest absolute Gasteiger partial charge is 0.265 e. The summed E-state index contributed by atoms with van der Waals surface area (Å²) in [4.78, 5) is 2.37. The van der Waals surface area contributed by atoms with E-state index in [1.807, 2.05) is 31.2 Å². The third kappa shape index (κ3) is 5.83. The minimum atomic E-state index is -3.83. The van der Waals surface area contributed by atoms with E-state index in [0.717, 1.165) is 30.2 Å². The molecular formula is C24H27BrN4O3S. The van der Waals surface area contributed by atoms with E-state index >= 15 is 0 Å². The van der Waals surface area contributed by atoms with Crippen molar-refractivity contribution < 1.29 is 13.2 Å². The quantitative estimate of drug-likeness (QED) is 0.434. The molecule has 2 aromatic carbocycles. The molecule has 2 heterocycles. The first-order valence-corrected chi connectivity index (χ1v) is 13.4. The monoisotopic (exact) mass is 530 g/mol. The maximum Gasteiger partial charge on any atom is 0.265 e. The number of nitrogens with zero attached hydrogens (tertiary/aromatic N) is 3. The van der Waals surface area contributed by atoms with Crippen LogP contribution < -0.4 is 14.4 Å². The van der Waals surface area contributed by atoms with Crippen LogP contribution in [0.2, 0.25) is 0 Å². The number of sulfonamides is 1. The van der Waals surface area contributed by atoms with E-state index in [1.54, 1.807) is 24.3 Å². The number of nitrogens with one attached hydrogen (secondary N) is 1. The van der Waals surface area contributed by atoms with Gasteiger partial charge in [-0.05, 0) is 62.2 Å². The Balaban J connectivity index is 1.49. The van der Waals surface area contributed by atoms with Crippen molar-refractivity contribution in [1.29, 1.82) is 0 Å². The van der Waals surface area contributed by atoms with Crippen molar-refractivity contribution in [2.45, 2.75) is 37.5 Å². The largest absolute Gasteiger partial charge is 0.492 e. The molecule has 33 heavy (non-hydrogen) atoms. The first-order chi connectivity index (χ1) is 16.0. The van der Waals surface area contributed by atoms with Crippen LogP contribution in [0.4, 0.5) is 11.5 Å². The molecule has 1 saturated heterocycles. The Hall–Kier alpha value is -2.65. The molecule has 1 aromatic heterocycles. The molecule has 0 aliphatic carbocycles. The maximum absolute atomic E-state index is 13.0. The van der Waals surface area contributed by atoms with Crippen LogP contribution in [0.3, 0.4) is 0 Å². The molecule has 174 valence electrons. The van der Waals surface area contributed by atoms with Crippen LogP contribution >= 0.6 is 15.9 Å². The Kier molecular flexibility index (Phi) is 7.49. The van der Waals surface area contributed by atoms with E-state index in [-0.39, 0.29) is 4.90 Å². The molecular weight excluding hydrogens is 504 g/mol. The fourth-order valence-electron chi connectivity index (χ4n) is 3.83. The summed E-state index contributed by atoms with van der Waals surface area (Å²) < 4.78 is 34.7. The van der Waals surface area contributed by atoms with Crippen LogP contribution in [-0.4, -0.2) is 38.3 Å². The number of hydrogen-bond acceptors (Lipinski definition) is 6. The fourth-order valence-corrected chi connectivity index (χ4v) is 5.58. The Morgan fingerprint density at radius 1 is 0.970 bits per heavy atom. The zero-order valence-electron chi connectivity index (χ0n) is 18.5. The molecule has 0 spiro atoms. The number of anilines is 2. The van der Waals surface area contributed by atoms with Gasteiger partial charge in [0, 0.05) is 28.8 Å². The molecule has 1 fully saturated rings. The molecule has 9 heteroatoms. The molecule has 1 aliphatic rings. The van der Waals surface area contributed by atoms with Crippen molar-refractivity contribution in [3.63, 3.8) is 0 Å². The molecule has 3 aromatic rings. The van der Waals surface area contributed by atoms with Crippen LogP contribution in [0, 0.1) is 0 Å². The van der Waals surface area contributed by atoms with Crippen molar-refractivity contribution in [1.82, 2.24) is 10.2 Å². The van der Waals surface area contributed by atoms with Gasteiger partial charge in [0.05, 0.1) is 12.3 Å². The van der Waals surface area contributed by atoms with Gasteiger partial charge in [-0.3, -0.25) is 4.72 Å². The van der Waals surface area contributed by atoms with E-state index in [4.69, 9.17) is 4.74 Å². The lowest BCUT2D eigenvalue weighted by molar-refractivity contribution is 0.331. The van der Waals surface area contributed by atoms with Gasteiger partial charge in [0.15, 0.2) is 5.82 Å². The second-order valence-corrected chi connectivity index (χ2v) is 10.5. The molecule has 1 N–H and O–H groups in total. The number of halogens is 1. The second-order valence-electron chi connectivity index (χ2n) is 7.88. The van der Waals surface area contributed by atoms with Gasteiger partial charge >= 0.3 is 0 Å². The first-order valence-electron chi connectivity index (χ1n) is 11.1. The van der Waals surface area contributed by atoms with Gasteiger partial charge in [0.1, 0.15) is 10.6 Å². The maximum atomic E-state index is 13.0. The number of ether oxygens (including phenoxy) is 1. The fraction of sp³-hybridized carbons (Fsp3) is 0.333. The molecule has 0 saturated carbocycles. The lowest BCUT2D eigenvalue weighted by Gasteiger charge is -2.20. The van der Waals surface area contributed by atoms with Gasteiger partial charge in [-0.1, -0.05) is 40.9 Å². The third-order valence-electron chi connectivity index (χ3n) is 5.51. The van der Waals surface area contributed by atoms with Crippen LogP contribution in [0.25, 0.3) is 11.3 Å². The average Bonchev–Trinajstić information content (AvgIpc) is 3.10. The van der Waals surface area contributed by atoms with Gasteiger partial charge in [0.25, 0.3) is 10.0 Å². The molecule has 4 rings (SSSR count). The highest BCUT2D eigenvalue weighted by atomic mass is 79.9. The summed E-state index contributed by atoms with van der Waals surface area (Å²) in [6.45, 7) is 4.22. The second kappa shape index (κ2) is 10.5. The highest BCUT2D eigenvalue weighted by molar-refractivity contribution is 9.10. The van der Waals surface area contributed by atoms with Gasteiger partial charge in [-0.15, -0.1) is 10.2 Å². The minimum absolute atomic E-state index is 0.0813. The Morgan fingerprint density at radius 2 is 1.70 bits per heavy atom. The van der Waals surface area contributed by atoms with E-state index in [1.165, 1.54) is 31.7 Å². The van der Waals surface area contributed by atoms with Crippen LogP contribution in [-0.2, 0) is 10.0 Å². The summed E-state index contributed by atoms with van der Waals surface area (Å²) in [5.41, 5.74) is 2.06. The Morgan fingerprint density at radius 3 is 2.33 bits per heavy atom. The standard InChI is InChI=1S/C24H27BrN4O3S/c1-2-32-22-13-9-19(25)17-23(22)33(30,31)28-20-10-7-18(8-11-20)21-12-14-24(27-26-21)29-15-5-3-4-6-16-29/h7-14,17,28H,2-6,15-16H2,1H3. The topological polar surface area (TPSA) is 84.4 Å². The highest BCUT2D eigenvalue weighted by Crippen LogP contribution is 2.30. The lowest BCUT2D eigenvalue weighted by atomic mass is 10.1. The summed E-state index contributed by atoms with van der Waals surface area (Å²) in [6, 6.07) is 16.0. The Labute approximate surface area is 203 Å². The normalized spacial score (nSPS) is 14.5. The molecule has 0 radical (unpaired) electrons. The van der Waals surface area contributed by atoms with E-state index in [9.17, 15) is 8.42 Å². The van der Waals surface area contributed by atoms with E-state index in [2.05, 4.69) is 35.7 Å². The molecule has 1 aliphatic heterocycles. The summed E-state index contributed by atoms with van der Waals surface area (Å²) in [7, 11) is -3.83. The number of hydrogen-bond donors (Lipinski definition) is 1. The summed E-state index contributed by atoms with van der Waals surface area (Å²) >= 11 is 3.33. The zero-order valence-corrected chi connectivity index (χ0v) is 20.9. The number of rotatable bonds is 7. The molecule has 0 atom stereocenters. The molecule has 0 bridgehead atoms.